The van der Waals surface area contributed by atoms with Gasteiger partial charge in [-0.3, -0.25) is 4.79 Å². The average Bonchev–Trinajstić information content (AvgIpc) is 2.38. The Morgan fingerprint density at radius 2 is 2.33 bits per heavy atom. The van der Waals surface area contributed by atoms with Crippen molar-refractivity contribution in [1.29, 1.82) is 0 Å². The largest absolute Gasteiger partial charge is 0.493 e. The Morgan fingerprint density at radius 3 is 3.05 bits per heavy atom. The molecule has 1 saturated heterocycles. The van der Waals surface area contributed by atoms with Gasteiger partial charge in [-0.2, -0.15) is 0 Å². The van der Waals surface area contributed by atoms with Gasteiger partial charge in [0.15, 0.2) is 0 Å². The molecular weight excluding hydrogens is 356 g/mol. The third-order valence-electron chi connectivity index (χ3n) is 3.38. The van der Waals surface area contributed by atoms with Gasteiger partial charge in [0, 0.05) is 16.6 Å². The van der Waals surface area contributed by atoms with E-state index in [9.17, 15) is 4.79 Å². The molecule has 0 aromatic heterocycles. The molecule has 2 unspecified atom stereocenters. The molecule has 0 saturated carbocycles. The third-order valence-corrected chi connectivity index (χ3v) is 3.88. The average molecular weight is 378 g/mol. The number of halogens is 2. The molecule has 1 aliphatic rings. The normalized spacial score (nSPS) is 21.2. The van der Waals surface area contributed by atoms with Gasteiger partial charge in [-0.15, -0.1) is 12.4 Å². The molecule has 2 N–H and O–H groups in total. The zero-order chi connectivity index (χ0) is 14.4. The van der Waals surface area contributed by atoms with Crippen LogP contribution in [0.4, 0.5) is 0 Å². The summed E-state index contributed by atoms with van der Waals surface area (Å²) in [7, 11) is 0. The van der Waals surface area contributed by atoms with Crippen LogP contribution in [0.25, 0.3) is 0 Å². The molecule has 1 aromatic rings. The summed E-state index contributed by atoms with van der Waals surface area (Å²) in [5.41, 5.74) is 0. The van der Waals surface area contributed by atoms with Gasteiger partial charge in [0.1, 0.15) is 5.75 Å². The molecule has 2 rings (SSSR count). The fourth-order valence-electron chi connectivity index (χ4n) is 2.38. The summed E-state index contributed by atoms with van der Waals surface area (Å²) in [5, 5.41) is 6.45. The van der Waals surface area contributed by atoms with Crippen LogP contribution in [-0.2, 0) is 4.79 Å². The second-order valence-electron chi connectivity index (χ2n) is 5.20. The molecule has 1 aliphatic heterocycles. The van der Waals surface area contributed by atoms with E-state index in [1.54, 1.807) is 0 Å². The molecule has 1 amide bonds. The van der Waals surface area contributed by atoms with Gasteiger partial charge in [0.05, 0.1) is 13.0 Å². The van der Waals surface area contributed by atoms with Gasteiger partial charge >= 0.3 is 0 Å². The number of piperidine rings is 1. The number of rotatable bonds is 5. The lowest BCUT2D eigenvalue weighted by molar-refractivity contribution is -0.122. The van der Waals surface area contributed by atoms with Crippen LogP contribution in [0, 0.1) is 0 Å². The van der Waals surface area contributed by atoms with E-state index in [0.717, 1.165) is 29.6 Å². The van der Waals surface area contributed by atoms with Crippen LogP contribution in [0.2, 0.25) is 0 Å². The van der Waals surface area contributed by atoms with E-state index in [1.165, 1.54) is 0 Å². The highest BCUT2D eigenvalue weighted by Gasteiger charge is 2.19. The first-order valence-corrected chi connectivity index (χ1v) is 7.84. The summed E-state index contributed by atoms with van der Waals surface area (Å²) in [6.07, 6.45) is 2.39. The molecule has 0 spiro atoms. The summed E-state index contributed by atoms with van der Waals surface area (Å²) >= 11 is 3.39. The third kappa shape index (κ3) is 6.68. The SMILES string of the molecule is CC1CC(NC(=O)CCOc2cccc(Br)c2)CCN1.Cl. The number of hydrogen-bond acceptors (Lipinski definition) is 3. The number of nitrogens with one attached hydrogen (secondary N) is 2. The second-order valence-corrected chi connectivity index (χ2v) is 6.12. The quantitative estimate of drug-likeness (QED) is 0.829. The number of carbonyl (C=O) groups is 1. The van der Waals surface area contributed by atoms with Crippen LogP contribution in [0.15, 0.2) is 28.7 Å². The minimum Gasteiger partial charge on any atom is -0.493 e. The lowest BCUT2D eigenvalue weighted by atomic mass is 10.0. The zero-order valence-corrected chi connectivity index (χ0v) is 14.5. The summed E-state index contributed by atoms with van der Waals surface area (Å²) in [4.78, 5) is 11.9. The fraction of sp³-hybridized carbons (Fsp3) is 0.533. The number of amides is 1. The number of ether oxygens (including phenoxy) is 1. The first-order chi connectivity index (χ1) is 9.63. The summed E-state index contributed by atoms with van der Waals surface area (Å²) < 4.78 is 6.54. The Hall–Kier alpha value is -0.780. The Balaban J connectivity index is 0.00000220. The number of carbonyl (C=O) groups excluding carboxylic acids is 1. The topological polar surface area (TPSA) is 50.4 Å². The fourth-order valence-corrected chi connectivity index (χ4v) is 2.76. The second kappa shape index (κ2) is 9.28. The van der Waals surface area contributed by atoms with Crippen LogP contribution in [0.5, 0.6) is 5.75 Å². The van der Waals surface area contributed by atoms with Crippen molar-refractivity contribution in [2.45, 2.75) is 38.3 Å². The molecule has 1 heterocycles. The Morgan fingerprint density at radius 1 is 1.52 bits per heavy atom. The first-order valence-electron chi connectivity index (χ1n) is 7.04. The lowest BCUT2D eigenvalue weighted by Crippen LogP contribution is -2.46. The van der Waals surface area contributed by atoms with Crippen molar-refractivity contribution in [2.75, 3.05) is 13.2 Å². The van der Waals surface area contributed by atoms with Gasteiger partial charge in [-0.1, -0.05) is 22.0 Å². The minimum absolute atomic E-state index is 0. The molecule has 1 aromatic carbocycles. The van der Waals surface area contributed by atoms with Crippen LogP contribution >= 0.6 is 28.3 Å². The molecule has 118 valence electrons. The number of hydrogen-bond donors (Lipinski definition) is 2. The monoisotopic (exact) mass is 376 g/mol. The van der Waals surface area contributed by atoms with Gasteiger partial charge in [0.25, 0.3) is 0 Å². The molecule has 0 bridgehead atoms. The van der Waals surface area contributed by atoms with Gasteiger partial charge in [-0.25, -0.2) is 0 Å². The standard InChI is InChI=1S/C15H21BrN2O2.ClH/c1-11-9-13(5-7-17-11)18-15(19)6-8-20-14-4-2-3-12(16)10-14;/h2-4,10-11,13,17H,5-9H2,1H3,(H,18,19);1H. The van der Waals surface area contributed by atoms with Crippen molar-refractivity contribution in [2.24, 2.45) is 0 Å². The van der Waals surface area contributed by atoms with Crippen molar-refractivity contribution < 1.29 is 9.53 Å². The van der Waals surface area contributed by atoms with Gasteiger partial charge in [0.2, 0.25) is 5.91 Å². The van der Waals surface area contributed by atoms with E-state index in [1.807, 2.05) is 24.3 Å². The van der Waals surface area contributed by atoms with Gasteiger partial charge < -0.3 is 15.4 Å². The molecule has 6 heteroatoms. The van der Waals surface area contributed by atoms with Crippen LogP contribution in [-0.4, -0.2) is 31.1 Å². The zero-order valence-electron chi connectivity index (χ0n) is 12.1. The molecule has 4 nitrogen and oxygen atoms in total. The van der Waals surface area contributed by atoms with Crippen molar-refractivity contribution >= 4 is 34.2 Å². The van der Waals surface area contributed by atoms with Gasteiger partial charge in [-0.05, 0) is 44.5 Å². The first kappa shape index (κ1) is 18.3. The maximum Gasteiger partial charge on any atom is 0.223 e. The van der Waals surface area contributed by atoms with Crippen molar-refractivity contribution in [3.63, 3.8) is 0 Å². The van der Waals surface area contributed by atoms with E-state index in [2.05, 4.69) is 33.5 Å². The summed E-state index contributed by atoms with van der Waals surface area (Å²) in [6, 6.07) is 8.41. The highest BCUT2D eigenvalue weighted by molar-refractivity contribution is 9.10. The highest BCUT2D eigenvalue weighted by atomic mass is 79.9. The maximum atomic E-state index is 11.9. The molecule has 0 radical (unpaired) electrons. The van der Waals surface area contributed by atoms with Crippen LogP contribution in [0.3, 0.4) is 0 Å². The lowest BCUT2D eigenvalue weighted by Gasteiger charge is -2.28. The van der Waals surface area contributed by atoms with Crippen molar-refractivity contribution in [3.8, 4) is 5.75 Å². The minimum atomic E-state index is 0. The van der Waals surface area contributed by atoms with E-state index in [-0.39, 0.29) is 18.3 Å². The predicted octanol–water partition coefficient (Wildman–Crippen LogP) is 2.90. The number of benzene rings is 1. The van der Waals surface area contributed by atoms with E-state index < -0.39 is 0 Å². The van der Waals surface area contributed by atoms with E-state index >= 15 is 0 Å². The highest BCUT2D eigenvalue weighted by Crippen LogP contribution is 2.17. The summed E-state index contributed by atoms with van der Waals surface area (Å²) in [6.45, 7) is 3.53. The molecule has 1 fully saturated rings. The van der Waals surface area contributed by atoms with Crippen LogP contribution in [0.1, 0.15) is 26.2 Å². The Bertz CT molecular complexity index is 459. The molecule has 2 atom stereocenters. The Labute approximate surface area is 140 Å². The Kier molecular flexibility index (Phi) is 8.07. The maximum absolute atomic E-state index is 11.9. The summed E-state index contributed by atoms with van der Waals surface area (Å²) in [5.74, 6) is 0.849. The predicted molar refractivity (Wildman–Crippen MR) is 90.1 cm³/mol. The molecule has 0 aliphatic carbocycles. The van der Waals surface area contributed by atoms with Crippen molar-refractivity contribution in [3.05, 3.63) is 28.7 Å². The molecule has 21 heavy (non-hydrogen) atoms. The smallest absolute Gasteiger partial charge is 0.223 e. The van der Waals surface area contributed by atoms with E-state index in [0.29, 0.717) is 25.1 Å². The van der Waals surface area contributed by atoms with Crippen LogP contribution < -0.4 is 15.4 Å². The van der Waals surface area contributed by atoms with Crippen molar-refractivity contribution in [1.82, 2.24) is 10.6 Å². The van der Waals surface area contributed by atoms with E-state index in [4.69, 9.17) is 4.74 Å². The molecular formula is C15H22BrClN2O2.